The molecule has 0 unspecified atom stereocenters. The van der Waals surface area contributed by atoms with E-state index in [9.17, 15) is 13.2 Å². The van der Waals surface area contributed by atoms with Crippen molar-refractivity contribution in [2.45, 2.75) is 57.5 Å². The van der Waals surface area contributed by atoms with Crippen LogP contribution >= 0.6 is 0 Å². The Morgan fingerprint density at radius 2 is 1.68 bits per heavy atom. The van der Waals surface area contributed by atoms with Crippen LogP contribution in [0.3, 0.4) is 0 Å². The van der Waals surface area contributed by atoms with Crippen molar-refractivity contribution in [2.24, 2.45) is 0 Å². The molecule has 1 amide bonds. The quantitative estimate of drug-likeness (QED) is 0.767. The van der Waals surface area contributed by atoms with Crippen molar-refractivity contribution in [1.82, 2.24) is 9.21 Å². The predicted octanol–water partition coefficient (Wildman–Crippen LogP) is 1.20. The normalized spacial score (nSPS) is 30.3. The monoisotopic (exact) mass is 288 g/mol. The molecule has 19 heavy (non-hydrogen) atoms. The molecular formula is C13H24N2O3S. The van der Waals surface area contributed by atoms with Gasteiger partial charge in [0.25, 0.3) is 0 Å². The molecule has 6 heteroatoms. The van der Waals surface area contributed by atoms with Crippen molar-refractivity contribution in [3.63, 3.8) is 0 Å². The van der Waals surface area contributed by atoms with Crippen LogP contribution in [0.15, 0.2) is 0 Å². The van der Waals surface area contributed by atoms with E-state index in [1.165, 1.54) is 10.6 Å². The van der Waals surface area contributed by atoms with Gasteiger partial charge in [0, 0.05) is 19.1 Å². The van der Waals surface area contributed by atoms with Gasteiger partial charge < -0.3 is 4.90 Å². The summed E-state index contributed by atoms with van der Waals surface area (Å²) in [6, 6.07) is -0.228. The molecular weight excluding hydrogens is 264 g/mol. The summed E-state index contributed by atoms with van der Waals surface area (Å²) in [4.78, 5) is 14.5. The van der Waals surface area contributed by atoms with Crippen molar-refractivity contribution in [3.8, 4) is 0 Å². The van der Waals surface area contributed by atoms with E-state index in [1.54, 1.807) is 0 Å². The van der Waals surface area contributed by atoms with Gasteiger partial charge in [-0.2, -0.15) is 4.31 Å². The molecule has 0 aromatic heterocycles. The maximum absolute atomic E-state index is 12.6. The van der Waals surface area contributed by atoms with Gasteiger partial charge in [0.1, 0.15) is 6.04 Å². The third-order valence-electron chi connectivity index (χ3n) is 4.25. The summed E-state index contributed by atoms with van der Waals surface area (Å²) in [6.07, 6.45) is 6.87. The third kappa shape index (κ3) is 3.28. The van der Waals surface area contributed by atoms with Crippen LogP contribution in [0.1, 0.15) is 45.4 Å². The minimum absolute atomic E-state index is 0.0114. The first kappa shape index (κ1) is 14.8. The molecule has 0 saturated carbocycles. The lowest BCUT2D eigenvalue weighted by atomic mass is 9.99. The molecule has 2 saturated heterocycles. The fraction of sp³-hybridized carbons (Fsp3) is 0.923. The lowest BCUT2D eigenvalue weighted by Crippen LogP contribution is -2.55. The van der Waals surface area contributed by atoms with Gasteiger partial charge in [0.15, 0.2) is 0 Å². The molecule has 0 aromatic carbocycles. The number of hydrogen-bond acceptors (Lipinski definition) is 3. The maximum Gasteiger partial charge on any atom is 0.241 e. The second kappa shape index (κ2) is 5.79. The first-order valence-electron chi connectivity index (χ1n) is 7.18. The van der Waals surface area contributed by atoms with Gasteiger partial charge in [-0.3, -0.25) is 4.79 Å². The zero-order valence-corrected chi connectivity index (χ0v) is 12.7. The summed E-state index contributed by atoms with van der Waals surface area (Å²) in [6.45, 7) is 3.32. The van der Waals surface area contributed by atoms with Crippen molar-refractivity contribution in [3.05, 3.63) is 0 Å². The zero-order valence-electron chi connectivity index (χ0n) is 11.8. The highest BCUT2D eigenvalue weighted by Gasteiger charge is 2.38. The number of rotatable bonds is 2. The summed E-state index contributed by atoms with van der Waals surface area (Å²) in [7, 11) is -3.29. The van der Waals surface area contributed by atoms with E-state index in [0.29, 0.717) is 13.0 Å². The summed E-state index contributed by atoms with van der Waals surface area (Å²) >= 11 is 0. The molecule has 2 rings (SSSR count). The number of hydrogen-bond donors (Lipinski definition) is 0. The van der Waals surface area contributed by atoms with E-state index in [-0.39, 0.29) is 11.9 Å². The van der Waals surface area contributed by atoms with Gasteiger partial charge in [-0.15, -0.1) is 0 Å². The summed E-state index contributed by atoms with van der Waals surface area (Å²) < 4.78 is 25.0. The lowest BCUT2D eigenvalue weighted by molar-refractivity contribution is -0.139. The first-order valence-corrected chi connectivity index (χ1v) is 9.03. The van der Waals surface area contributed by atoms with Gasteiger partial charge >= 0.3 is 0 Å². The molecule has 0 aliphatic carbocycles. The minimum Gasteiger partial charge on any atom is -0.339 e. The Hall–Kier alpha value is -0.620. The topological polar surface area (TPSA) is 57.7 Å². The highest BCUT2D eigenvalue weighted by molar-refractivity contribution is 7.88. The number of nitrogens with zero attached hydrogens (tertiary/aromatic N) is 2. The van der Waals surface area contributed by atoms with Crippen LogP contribution in [0.5, 0.6) is 0 Å². The van der Waals surface area contributed by atoms with Gasteiger partial charge in [-0.25, -0.2) is 8.42 Å². The van der Waals surface area contributed by atoms with Crippen molar-refractivity contribution >= 4 is 15.9 Å². The van der Waals surface area contributed by atoms with Crippen LogP contribution < -0.4 is 0 Å². The fourth-order valence-corrected chi connectivity index (χ4v) is 4.28. The van der Waals surface area contributed by atoms with Crippen LogP contribution in [-0.2, 0) is 14.8 Å². The summed E-state index contributed by atoms with van der Waals surface area (Å²) in [5.41, 5.74) is 0. The molecule has 0 bridgehead atoms. The number of amides is 1. The molecule has 2 fully saturated rings. The number of carbonyl (C=O) groups excluding carboxylic acids is 1. The van der Waals surface area contributed by atoms with Crippen LogP contribution in [0.4, 0.5) is 0 Å². The van der Waals surface area contributed by atoms with Crippen molar-refractivity contribution in [2.75, 3.05) is 19.3 Å². The Labute approximate surface area is 116 Å². The number of piperidine rings is 2. The second-order valence-corrected chi connectivity index (χ2v) is 7.70. The second-order valence-electron chi connectivity index (χ2n) is 5.76. The largest absolute Gasteiger partial charge is 0.339 e. The lowest BCUT2D eigenvalue weighted by Gasteiger charge is -2.40. The van der Waals surface area contributed by atoms with Crippen molar-refractivity contribution in [1.29, 1.82) is 0 Å². The van der Waals surface area contributed by atoms with Crippen LogP contribution in [0.25, 0.3) is 0 Å². The molecule has 2 atom stereocenters. The molecule has 2 aliphatic heterocycles. The van der Waals surface area contributed by atoms with Gasteiger partial charge in [0.2, 0.25) is 15.9 Å². The zero-order chi connectivity index (χ0) is 14.0. The number of carbonyl (C=O) groups is 1. The van der Waals surface area contributed by atoms with E-state index >= 15 is 0 Å². The van der Waals surface area contributed by atoms with Crippen molar-refractivity contribution < 1.29 is 13.2 Å². The van der Waals surface area contributed by atoms with E-state index < -0.39 is 16.1 Å². The molecule has 0 aromatic rings. The third-order valence-corrected chi connectivity index (χ3v) is 5.54. The number of likely N-dealkylation sites (tertiary alicyclic amines) is 1. The Kier molecular flexibility index (Phi) is 4.50. The van der Waals surface area contributed by atoms with Crippen LogP contribution in [-0.4, -0.2) is 55.0 Å². The standard InChI is InChI=1S/C13H24N2O3S/c1-11-7-3-5-9-14(11)13(16)12-8-4-6-10-15(12)19(2,17)18/h11-12H,3-10H2,1-2H3/t11-,12-/m0/s1. The summed E-state index contributed by atoms with van der Waals surface area (Å²) in [5, 5.41) is 0. The highest BCUT2D eigenvalue weighted by atomic mass is 32.2. The Bertz CT molecular complexity index is 435. The molecule has 0 N–H and O–H groups in total. The predicted molar refractivity (Wildman–Crippen MR) is 74.2 cm³/mol. The van der Waals surface area contributed by atoms with Crippen LogP contribution in [0, 0.1) is 0 Å². The van der Waals surface area contributed by atoms with E-state index in [4.69, 9.17) is 0 Å². The molecule has 2 aliphatic rings. The summed E-state index contributed by atoms with van der Waals surface area (Å²) in [5.74, 6) is 0.0114. The SMILES string of the molecule is C[C@H]1CCCCN1C(=O)[C@@H]1CCCCN1S(C)(=O)=O. The Morgan fingerprint density at radius 1 is 1.05 bits per heavy atom. The van der Waals surface area contributed by atoms with E-state index in [2.05, 4.69) is 6.92 Å². The average molecular weight is 288 g/mol. The number of sulfonamides is 1. The van der Waals surface area contributed by atoms with E-state index in [1.807, 2.05) is 4.90 Å². The molecule has 0 radical (unpaired) electrons. The molecule has 110 valence electrons. The minimum atomic E-state index is -3.29. The molecule has 0 spiro atoms. The Balaban J connectivity index is 2.15. The molecule has 5 nitrogen and oxygen atoms in total. The van der Waals surface area contributed by atoms with Gasteiger partial charge in [-0.05, 0) is 39.0 Å². The fourth-order valence-electron chi connectivity index (χ4n) is 3.17. The highest BCUT2D eigenvalue weighted by Crippen LogP contribution is 2.25. The average Bonchev–Trinajstić information content (AvgIpc) is 2.37. The Morgan fingerprint density at radius 3 is 2.32 bits per heavy atom. The first-order chi connectivity index (χ1) is 8.91. The molecule has 2 heterocycles. The maximum atomic E-state index is 12.6. The van der Waals surface area contributed by atoms with E-state index in [0.717, 1.165) is 38.6 Å². The van der Waals surface area contributed by atoms with Gasteiger partial charge in [-0.1, -0.05) is 6.42 Å². The van der Waals surface area contributed by atoms with Crippen LogP contribution in [0.2, 0.25) is 0 Å². The smallest absolute Gasteiger partial charge is 0.241 e. The van der Waals surface area contributed by atoms with Gasteiger partial charge in [0.05, 0.1) is 6.26 Å².